The van der Waals surface area contributed by atoms with Gasteiger partial charge in [-0.05, 0) is 36.4 Å². The Bertz CT molecular complexity index is 1380. The number of nitrogens with two attached hydrogens (primary N) is 1. The second-order valence-corrected chi connectivity index (χ2v) is 8.43. The first-order valence-electron chi connectivity index (χ1n) is 8.77. The van der Waals surface area contributed by atoms with Crippen LogP contribution in [0.4, 0.5) is 5.69 Å². The van der Waals surface area contributed by atoms with Gasteiger partial charge in [0.2, 0.25) is 10.0 Å². The molecule has 0 atom stereocenters. The maximum atomic E-state index is 12.7. The summed E-state index contributed by atoms with van der Waals surface area (Å²) in [7, 11) is -3.96. The number of hydrogen-bond donors (Lipinski definition) is 2. The Labute approximate surface area is 177 Å². The highest BCUT2D eigenvalue weighted by atomic mass is 35.5. The molecule has 0 saturated heterocycles. The average molecular weight is 439 g/mol. The molecule has 9 heteroatoms. The second-order valence-electron chi connectivity index (χ2n) is 6.46. The number of primary sulfonamides is 1. The number of carbonyl (C=O) groups is 1. The van der Waals surface area contributed by atoms with Crippen molar-refractivity contribution in [1.82, 2.24) is 9.97 Å². The number of sulfonamides is 1. The lowest BCUT2D eigenvalue weighted by molar-refractivity contribution is 0.102. The molecule has 0 spiro atoms. The van der Waals surface area contributed by atoms with E-state index in [0.29, 0.717) is 5.69 Å². The number of anilines is 1. The van der Waals surface area contributed by atoms with Gasteiger partial charge in [0, 0.05) is 16.6 Å². The van der Waals surface area contributed by atoms with Crippen LogP contribution in [0, 0.1) is 0 Å². The first-order valence-corrected chi connectivity index (χ1v) is 10.7. The fourth-order valence-corrected chi connectivity index (χ4v) is 3.78. The molecular weight excluding hydrogens is 424 g/mol. The van der Waals surface area contributed by atoms with Crippen molar-refractivity contribution in [3.8, 4) is 11.3 Å². The lowest BCUT2D eigenvalue weighted by atomic mass is 10.1. The van der Waals surface area contributed by atoms with E-state index in [9.17, 15) is 13.2 Å². The Morgan fingerprint density at radius 3 is 2.57 bits per heavy atom. The summed E-state index contributed by atoms with van der Waals surface area (Å²) in [6, 6.07) is 18.5. The minimum atomic E-state index is -3.96. The van der Waals surface area contributed by atoms with E-state index in [0.717, 1.165) is 28.2 Å². The number of para-hydroxylation sites is 1. The summed E-state index contributed by atoms with van der Waals surface area (Å²) in [5, 5.41) is 8.87. The number of rotatable bonds is 4. The maximum absolute atomic E-state index is 12.7. The summed E-state index contributed by atoms with van der Waals surface area (Å²) < 4.78 is 23.2. The van der Waals surface area contributed by atoms with E-state index in [1.54, 1.807) is 18.2 Å². The molecule has 30 heavy (non-hydrogen) atoms. The summed E-state index contributed by atoms with van der Waals surface area (Å²) in [5.74, 6) is -0.560. The highest BCUT2D eigenvalue weighted by Gasteiger charge is 2.16. The zero-order valence-electron chi connectivity index (χ0n) is 15.4. The van der Waals surface area contributed by atoms with Crippen LogP contribution >= 0.6 is 11.6 Å². The van der Waals surface area contributed by atoms with Gasteiger partial charge < -0.3 is 5.32 Å². The Balaban J connectivity index is 1.68. The number of fused-ring (bicyclic) bond motifs is 1. The smallest absolute Gasteiger partial charge is 0.257 e. The van der Waals surface area contributed by atoms with E-state index >= 15 is 0 Å². The summed E-state index contributed by atoms with van der Waals surface area (Å²) in [5.41, 5.74) is 2.82. The topological polar surface area (TPSA) is 115 Å². The normalized spacial score (nSPS) is 11.4. The molecule has 0 bridgehead atoms. The molecule has 150 valence electrons. The molecule has 4 aromatic rings. The fraction of sp³-hybridized carbons (Fsp3) is 0. The summed E-state index contributed by atoms with van der Waals surface area (Å²) in [6.07, 6.45) is 1.49. The van der Waals surface area contributed by atoms with E-state index in [2.05, 4.69) is 15.3 Å². The van der Waals surface area contributed by atoms with Gasteiger partial charge in [-0.15, -0.1) is 0 Å². The lowest BCUT2D eigenvalue weighted by Crippen LogP contribution is -2.16. The van der Waals surface area contributed by atoms with Crippen LogP contribution in [0.3, 0.4) is 0 Å². The predicted molar refractivity (Wildman–Crippen MR) is 116 cm³/mol. The highest BCUT2D eigenvalue weighted by molar-refractivity contribution is 7.89. The van der Waals surface area contributed by atoms with E-state index in [4.69, 9.17) is 16.7 Å². The summed E-state index contributed by atoms with van der Waals surface area (Å²) in [6.45, 7) is 0. The molecular formula is C21H15ClN4O3S. The number of nitrogens with zero attached hydrogens (tertiary/aromatic N) is 2. The van der Waals surface area contributed by atoms with Gasteiger partial charge in [0.25, 0.3) is 5.91 Å². The van der Waals surface area contributed by atoms with Crippen LogP contribution in [0.1, 0.15) is 10.4 Å². The Morgan fingerprint density at radius 2 is 1.77 bits per heavy atom. The van der Waals surface area contributed by atoms with Gasteiger partial charge in [0.15, 0.2) is 0 Å². The third-order valence-corrected chi connectivity index (χ3v) is 5.69. The Kier molecular flexibility index (Phi) is 5.21. The Morgan fingerprint density at radius 1 is 0.967 bits per heavy atom. The van der Waals surface area contributed by atoms with Gasteiger partial charge in [-0.2, -0.15) is 0 Å². The van der Waals surface area contributed by atoms with Crippen molar-refractivity contribution in [3.05, 3.63) is 83.6 Å². The van der Waals surface area contributed by atoms with Crippen molar-refractivity contribution in [3.63, 3.8) is 0 Å². The molecule has 0 aliphatic rings. The molecule has 0 aliphatic carbocycles. The van der Waals surface area contributed by atoms with Gasteiger partial charge in [0.1, 0.15) is 6.33 Å². The molecule has 1 aromatic heterocycles. The zero-order valence-corrected chi connectivity index (χ0v) is 17.0. The van der Waals surface area contributed by atoms with Gasteiger partial charge in [-0.3, -0.25) is 4.79 Å². The van der Waals surface area contributed by atoms with Crippen LogP contribution in [0.25, 0.3) is 22.2 Å². The van der Waals surface area contributed by atoms with Gasteiger partial charge in [-0.1, -0.05) is 41.9 Å². The van der Waals surface area contributed by atoms with Crippen molar-refractivity contribution in [1.29, 1.82) is 0 Å². The molecule has 3 N–H and O–H groups in total. The number of carbonyl (C=O) groups excluding carboxylic acids is 1. The first kappa shape index (κ1) is 20.0. The predicted octanol–water partition coefficient (Wildman–Crippen LogP) is 3.85. The molecule has 0 radical (unpaired) electrons. The van der Waals surface area contributed by atoms with Crippen molar-refractivity contribution in [2.24, 2.45) is 5.14 Å². The standard InChI is InChI=1S/C21H15ClN4O3S/c22-18-9-8-15(30(23,28)29)11-17(18)21(27)26-14-5-3-4-13(10-14)20-16-6-1-2-7-19(16)24-12-25-20/h1-12H,(H,26,27)(H2,23,28,29). The van der Waals surface area contributed by atoms with E-state index < -0.39 is 15.9 Å². The molecule has 0 saturated carbocycles. The number of benzene rings is 3. The second kappa shape index (κ2) is 7.83. The fourth-order valence-electron chi connectivity index (χ4n) is 3.03. The minimum Gasteiger partial charge on any atom is -0.322 e. The molecule has 3 aromatic carbocycles. The third kappa shape index (κ3) is 4.02. The van der Waals surface area contributed by atoms with Crippen LogP contribution in [-0.2, 0) is 10.0 Å². The first-order chi connectivity index (χ1) is 14.3. The SMILES string of the molecule is NS(=O)(=O)c1ccc(Cl)c(C(=O)Nc2cccc(-c3ncnc4ccccc34)c2)c1. The van der Waals surface area contributed by atoms with Gasteiger partial charge in [-0.25, -0.2) is 23.5 Å². The van der Waals surface area contributed by atoms with Crippen LogP contribution in [0.5, 0.6) is 0 Å². The zero-order chi connectivity index (χ0) is 21.3. The third-order valence-electron chi connectivity index (χ3n) is 4.45. The number of nitrogens with one attached hydrogen (secondary N) is 1. The van der Waals surface area contributed by atoms with Crippen molar-refractivity contribution in [2.45, 2.75) is 4.90 Å². The average Bonchev–Trinajstić information content (AvgIpc) is 2.73. The minimum absolute atomic E-state index is 0.00100. The molecule has 4 rings (SSSR count). The van der Waals surface area contributed by atoms with Crippen molar-refractivity contribution < 1.29 is 13.2 Å². The van der Waals surface area contributed by atoms with Crippen LogP contribution in [0.15, 0.2) is 78.0 Å². The number of amides is 1. The van der Waals surface area contributed by atoms with Gasteiger partial charge in [0.05, 0.1) is 26.7 Å². The highest BCUT2D eigenvalue weighted by Crippen LogP contribution is 2.28. The lowest BCUT2D eigenvalue weighted by Gasteiger charge is -2.10. The molecule has 1 amide bonds. The van der Waals surface area contributed by atoms with Crippen molar-refractivity contribution >= 4 is 44.1 Å². The molecule has 0 fully saturated rings. The monoisotopic (exact) mass is 438 g/mol. The number of halogens is 1. The molecule has 0 unspecified atom stereocenters. The van der Waals surface area contributed by atoms with Crippen LogP contribution < -0.4 is 10.5 Å². The maximum Gasteiger partial charge on any atom is 0.257 e. The quantitative estimate of drug-likeness (QED) is 0.502. The van der Waals surface area contributed by atoms with Crippen LogP contribution in [0.2, 0.25) is 5.02 Å². The molecule has 0 aliphatic heterocycles. The van der Waals surface area contributed by atoms with Crippen molar-refractivity contribution in [2.75, 3.05) is 5.32 Å². The van der Waals surface area contributed by atoms with E-state index in [1.165, 1.54) is 18.5 Å². The number of hydrogen-bond acceptors (Lipinski definition) is 5. The number of aromatic nitrogens is 2. The van der Waals surface area contributed by atoms with E-state index in [-0.39, 0.29) is 15.5 Å². The Hall–Kier alpha value is -3.33. The largest absolute Gasteiger partial charge is 0.322 e. The summed E-state index contributed by atoms with van der Waals surface area (Å²) in [4.78, 5) is 21.2. The van der Waals surface area contributed by atoms with Crippen LogP contribution in [-0.4, -0.2) is 24.3 Å². The van der Waals surface area contributed by atoms with Gasteiger partial charge >= 0.3 is 0 Å². The van der Waals surface area contributed by atoms with E-state index in [1.807, 2.05) is 30.3 Å². The molecule has 1 heterocycles. The summed E-state index contributed by atoms with van der Waals surface area (Å²) >= 11 is 6.09. The molecule has 7 nitrogen and oxygen atoms in total.